The molecule has 1 aliphatic rings. The van der Waals surface area contributed by atoms with Crippen LogP contribution >= 0.6 is 0 Å². The quantitative estimate of drug-likeness (QED) is 0.0448. The van der Waals surface area contributed by atoms with Crippen LogP contribution in [-0.4, -0.2) is 97.8 Å². The lowest BCUT2D eigenvalue weighted by atomic mass is 9.98. The molecule has 1 N–H and O–H groups in total. The zero-order chi connectivity index (χ0) is 41.0. The smallest absolute Gasteiger partial charge is 0.424 e. The number of hydrogen-bond acceptors (Lipinski definition) is 10. The predicted molar refractivity (Wildman–Crippen MR) is 216 cm³/mol. The van der Waals surface area contributed by atoms with Gasteiger partial charge in [0.2, 0.25) is 5.91 Å². The van der Waals surface area contributed by atoms with Gasteiger partial charge in [0, 0.05) is 56.6 Å². The monoisotopic (exact) mass is 784 g/mol. The molecule has 5 rings (SSSR count). The fraction of sp³-hybridized carbons (Fsp3) is 0.455. The summed E-state index contributed by atoms with van der Waals surface area (Å²) in [4.78, 5) is 52.5. The molecule has 13 heteroatoms. The fourth-order valence-corrected chi connectivity index (χ4v) is 6.88. The summed E-state index contributed by atoms with van der Waals surface area (Å²) in [6.07, 6.45) is -0.672. The number of para-hydroxylation sites is 1. The first-order valence-electron chi connectivity index (χ1n) is 19.5. The second kappa shape index (κ2) is 20.3. The van der Waals surface area contributed by atoms with Crippen molar-refractivity contribution in [3.8, 4) is 11.1 Å². The zero-order valence-electron chi connectivity index (χ0n) is 34.0. The minimum absolute atomic E-state index is 0.0383. The first kappa shape index (κ1) is 42.9. The van der Waals surface area contributed by atoms with E-state index in [9.17, 15) is 19.2 Å². The highest BCUT2D eigenvalue weighted by molar-refractivity contribution is 5.85. The Hall–Kier alpha value is -5.24. The average molecular weight is 785 g/mol. The maximum atomic E-state index is 13.4. The van der Waals surface area contributed by atoms with Crippen LogP contribution in [0.3, 0.4) is 0 Å². The van der Waals surface area contributed by atoms with E-state index in [1.807, 2.05) is 66.1 Å². The van der Waals surface area contributed by atoms with E-state index in [-0.39, 0.29) is 57.6 Å². The summed E-state index contributed by atoms with van der Waals surface area (Å²) in [5.74, 6) is -2.32. The van der Waals surface area contributed by atoms with Gasteiger partial charge in [-0.25, -0.2) is 14.8 Å². The molecule has 0 saturated carbocycles. The van der Waals surface area contributed by atoms with Crippen molar-refractivity contribution in [1.29, 1.82) is 0 Å². The number of aromatic nitrogens is 1. The lowest BCUT2D eigenvalue weighted by Crippen LogP contribution is -2.41. The Labute approximate surface area is 335 Å². The number of amides is 2. The molecule has 0 unspecified atom stereocenters. The summed E-state index contributed by atoms with van der Waals surface area (Å²) in [6.45, 7) is 9.54. The normalized spacial score (nSPS) is 12.9. The van der Waals surface area contributed by atoms with Gasteiger partial charge in [-0.05, 0) is 68.5 Å². The standard InChI is InChI=1S/C44H56N4O9/c1-7-53-24-25-54-23-22-45-42(51)32(20-21-40(49)57-44(2,3)4)27-41(50)56-30-48-33(26-31-14-8-13-19-39(31)48)28-46(5)47(6)43(52)55-29-38-36-17-11-9-15-34(36)35-16-10-12-18-37(35)38/h8-19,26,32,38H,7,20-25,27-30H2,1-6H3,(H,45,51)/t32-/m1/s1. The Kier molecular flexibility index (Phi) is 15.2. The molecule has 0 saturated heterocycles. The van der Waals surface area contributed by atoms with Gasteiger partial charge in [0.25, 0.3) is 0 Å². The summed E-state index contributed by atoms with van der Waals surface area (Å²) < 4.78 is 29.7. The third-order valence-electron chi connectivity index (χ3n) is 9.78. The maximum absolute atomic E-state index is 13.4. The van der Waals surface area contributed by atoms with E-state index >= 15 is 0 Å². The third kappa shape index (κ3) is 11.9. The zero-order valence-corrected chi connectivity index (χ0v) is 34.0. The van der Waals surface area contributed by atoms with Gasteiger partial charge in [-0.1, -0.05) is 66.7 Å². The summed E-state index contributed by atoms with van der Waals surface area (Å²) in [6, 6.07) is 26.1. The Morgan fingerprint density at radius 1 is 0.825 bits per heavy atom. The predicted octanol–water partition coefficient (Wildman–Crippen LogP) is 6.67. The number of carbonyl (C=O) groups is 4. The summed E-state index contributed by atoms with van der Waals surface area (Å²) in [7, 11) is 3.44. The highest BCUT2D eigenvalue weighted by atomic mass is 16.6. The molecule has 0 aliphatic heterocycles. The van der Waals surface area contributed by atoms with Crippen molar-refractivity contribution in [1.82, 2.24) is 19.9 Å². The minimum Gasteiger partial charge on any atom is -0.460 e. The highest BCUT2D eigenvalue weighted by Gasteiger charge is 2.30. The van der Waals surface area contributed by atoms with E-state index in [2.05, 4.69) is 29.6 Å². The third-order valence-corrected chi connectivity index (χ3v) is 9.78. The lowest BCUT2D eigenvalue weighted by Gasteiger charge is -2.28. The molecule has 1 aliphatic carbocycles. The van der Waals surface area contributed by atoms with E-state index in [1.54, 1.807) is 39.9 Å². The van der Waals surface area contributed by atoms with Gasteiger partial charge < -0.3 is 33.6 Å². The molecular weight excluding hydrogens is 729 g/mol. The van der Waals surface area contributed by atoms with Crippen LogP contribution in [0.25, 0.3) is 22.0 Å². The number of hydrazine groups is 1. The van der Waals surface area contributed by atoms with Crippen molar-refractivity contribution < 1.29 is 42.9 Å². The van der Waals surface area contributed by atoms with E-state index in [4.69, 9.17) is 23.7 Å². The number of benzene rings is 3. The molecular formula is C44H56N4O9. The van der Waals surface area contributed by atoms with Crippen molar-refractivity contribution in [2.24, 2.45) is 5.92 Å². The number of hydrogen-bond donors (Lipinski definition) is 1. The van der Waals surface area contributed by atoms with E-state index in [0.717, 1.165) is 38.9 Å². The van der Waals surface area contributed by atoms with Gasteiger partial charge in [-0.2, -0.15) is 0 Å². The number of nitrogens with zero attached hydrogens (tertiary/aromatic N) is 3. The summed E-state index contributed by atoms with van der Waals surface area (Å²) in [5.41, 5.74) is 5.52. The minimum atomic E-state index is -0.827. The van der Waals surface area contributed by atoms with Crippen LogP contribution in [0.15, 0.2) is 78.9 Å². The fourth-order valence-electron chi connectivity index (χ4n) is 6.88. The lowest BCUT2D eigenvalue weighted by molar-refractivity contribution is -0.156. The Balaban J connectivity index is 1.20. The second-order valence-electron chi connectivity index (χ2n) is 15.0. The van der Waals surface area contributed by atoms with Crippen LogP contribution in [0.2, 0.25) is 0 Å². The highest BCUT2D eigenvalue weighted by Crippen LogP contribution is 2.44. The number of nitrogens with one attached hydrogen (secondary N) is 1. The Morgan fingerprint density at radius 3 is 2.16 bits per heavy atom. The van der Waals surface area contributed by atoms with Crippen LogP contribution in [0, 0.1) is 5.92 Å². The molecule has 0 bridgehead atoms. The topological polar surface area (TPSA) is 138 Å². The number of rotatable bonds is 20. The van der Waals surface area contributed by atoms with Gasteiger partial charge in [0.1, 0.15) is 12.2 Å². The molecule has 1 atom stereocenters. The van der Waals surface area contributed by atoms with Gasteiger partial charge in [0.15, 0.2) is 6.73 Å². The van der Waals surface area contributed by atoms with Crippen molar-refractivity contribution in [3.63, 3.8) is 0 Å². The molecule has 0 spiro atoms. The van der Waals surface area contributed by atoms with Crippen LogP contribution < -0.4 is 5.32 Å². The molecule has 2 amide bonds. The Bertz CT molecular complexity index is 1940. The molecule has 1 aromatic heterocycles. The van der Waals surface area contributed by atoms with E-state index in [1.165, 1.54) is 5.01 Å². The average Bonchev–Trinajstić information content (AvgIpc) is 3.70. The molecule has 1 heterocycles. The number of ether oxygens (including phenoxy) is 5. The van der Waals surface area contributed by atoms with Gasteiger partial charge >= 0.3 is 18.0 Å². The van der Waals surface area contributed by atoms with Crippen LogP contribution in [0.1, 0.15) is 69.7 Å². The van der Waals surface area contributed by atoms with Crippen molar-refractivity contribution in [2.45, 2.75) is 71.8 Å². The largest absolute Gasteiger partial charge is 0.460 e. The van der Waals surface area contributed by atoms with Crippen LogP contribution in [0.4, 0.5) is 4.79 Å². The van der Waals surface area contributed by atoms with Gasteiger partial charge in [0.05, 0.1) is 38.3 Å². The Morgan fingerprint density at radius 2 is 1.47 bits per heavy atom. The van der Waals surface area contributed by atoms with Crippen molar-refractivity contribution >= 4 is 34.8 Å². The maximum Gasteiger partial charge on any atom is 0.424 e. The molecule has 3 aromatic carbocycles. The first-order valence-corrected chi connectivity index (χ1v) is 19.5. The first-order chi connectivity index (χ1) is 27.4. The van der Waals surface area contributed by atoms with Crippen molar-refractivity contribution in [3.05, 3.63) is 95.7 Å². The SMILES string of the molecule is CCOCCOCCNC(=O)[C@H](CCC(=O)OC(C)(C)C)CC(=O)OCn1c(CN(C)N(C)C(=O)OCC2c3ccccc3-c3ccccc32)cc2ccccc21. The molecule has 0 fully saturated rings. The van der Waals surface area contributed by atoms with Crippen molar-refractivity contribution in [2.75, 3.05) is 53.7 Å². The van der Waals surface area contributed by atoms with Crippen LogP contribution in [-0.2, 0) is 51.3 Å². The molecule has 57 heavy (non-hydrogen) atoms. The van der Waals surface area contributed by atoms with Gasteiger partial charge in [-0.3, -0.25) is 14.4 Å². The summed E-state index contributed by atoms with van der Waals surface area (Å²) in [5, 5.41) is 6.91. The van der Waals surface area contributed by atoms with Gasteiger partial charge in [-0.15, -0.1) is 0 Å². The van der Waals surface area contributed by atoms with Crippen LogP contribution in [0.5, 0.6) is 0 Å². The number of esters is 2. The molecule has 306 valence electrons. The molecule has 13 nitrogen and oxygen atoms in total. The number of fused-ring (bicyclic) bond motifs is 4. The molecule has 4 aromatic rings. The second-order valence-corrected chi connectivity index (χ2v) is 15.0. The number of carbonyl (C=O) groups excluding carboxylic acids is 4. The van der Waals surface area contributed by atoms with E-state index in [0.29, 0.717) is 26.4 Å². The molecule has 0 radical (unpaired) electrons. The van der Waals surface area contributed by atoms with E-state index < -0.39 is 29.6 Å². The summed E-state index contributed by atoms with van der Waals surface area (Å²) >= 11 is 0.